The normalized spacial score (nSPS) is 14.4. The van der Waals surface area contributed by atoms with Crippen LogP contribution in [0, 0.1) is 0 Å². The third-order valence-electron chi connectivity index (χ3n) is 2.42. The van der Waals surface area contributed by atoms with Crippen LogP contribution in [0.3, 0.4) is 0 Å². The number of nitrogens with one attached hydrogen (secondary N) is 2. The molecule has 1 heterocycles. The van der Waals surface area contributed by atoms with Crippen molar-refractivity contribution in [3.8, 4) is 0 Å². The molecule has 1 aromatic rings. The number of thiophene rings is 1. The van der Waals surface area contributed by atoms with Gasteiger partial charge in [-0.05, 0) is 24.9 Å². The van der Waals surface area contributed by atoms with E-state index in [0.717, 1.165) is 0 Å². The van der Waals surface area contributed by atoms with Crippen molar-refractivity contribution in [2.24, 2.45) is 0 Å². The van der Waals surface area contributed by atoms with E-state index in [1.54, 1.807) is 5.38 Å². The number of hydrogen-bond donors (Lipinski definition) is 2. The molecule has 0 bridgehead atoms. The smallest absolute Gasteiger partial charge is 0.312 e. The standard InChI is InChI=1S/C11H17F3N2O2S2/c1-3-15-7-9-10(4-5-19-9)20(17,18)16-8(2)6-11(12,13)14/h4-5,8,15-16H,3,6-7H2,1-2H3. The van der Waals surface area contributed by atoms with Gasteiger partial charge in [0.15, 0.2) is 0 Å². The fourth-order valence-electron chi connectivity index (χ4n) is 1.65. The average Bonchev–Trinajstić information content (AvgIpc) is 2.71. The summed E-state index contributed by atoms with van der Waals surface area (Å²) in [5, 5.41) is 4.60. The van der Waals surface area contributed by atoms with Crippen LogP contribution in [0.2, 0.25) is 0 Å². The van der Waals surface area contributed by atoms with Crippen molar-refractivity contribution >= 4 is 21.4 Å². The zero-order valence-electron chi connectivity index (χ0n) is 11.1. The molecule has 2 N–H and O–H groups in total. The van der Waals surface area contributed by atoms with Gasteiger partial charge >= 0.3 is 6.18 Å². The van der Waals surface area contributed by atoms with Gasteiger partial charge in [-0.2, -0.15) is 13.2 Å². The number of alkyl halides is 3. The molecule has 9 heteroatoms. The Balaban J connectivity index is 2.81. The van der Waals surface area contributed by atoms with E-state index in [1.165, 1.54) is 24.3 Å². The lowest BCUT2D eigenvalue weighted by Gasteiger charge is -2.16. The van der Waals surface area contributed by atoms with Gasteiger partial charge in [-0.15, -0.1) is 11.3 Å². The molecule has 0 spiro atoms. The highest BCUT2D eigenvalue weighted by Crippen LogP contribution is 2.25. The Morgan fingerprint density at radius 1 is 1.40 bits per heavy atom. The summed E-state index contributed by atoms with van der Waals surface area (Å²) in [5.74, 6) is 0. The molecular weight excluding hydrogens is 313 g/mol. The van der Waals surface area contributed by atoms with Crippen LogP contribution in [-0.4, -0.2) is 27.2 Å². The minimum absolute atomic E-state index is 0.0393. The van der Waals surface area contributed by atoms with Crippen molar-refractivity contribution < 1.29 is 21.6 Å². The zero-order valence-corrected chi connectivity index (χ0v) is 12.8. The molecule has 0 aliphatic rings. The fraction of sp³-hybridized carbons (Fsp3) is 0.636. The molecule has 1 unspecified atom stereocenters. The lowest BCUT2D eigenvalue weighted by molar-refractivity contribution is -0.137. The second-order valence-electron chi connectivity index (χ2n) is 4.33. The lowest BCUT2D eigenvalue weighted by atomic mass is 10.2. The molecule has 0 aromatic carbocycles. The first kappa shape index (κ1) is 17.4. The Bertz CT molecular complexity index is 526. The van der Waals surface area contributed by atoms with Gasteiger partial charge in [0.2, 0.25) is 10.0 Å². The van der Waals surface area contributed by atoms with Crippen molar-refractivity contribution in [2.45, 2.75) is 43.9 Å². The van der Waals surface area contributed by atoms with E-state index in [2.05, 4.69) is 10.0 Å². The molecule has 4 nitrogen and oxygen atoms in total. The highest BCUT2D eigenvalue weighted by atomic mass is 32.2. The molecule has 0 fully saturated rings. The summed E-state index contributed by atoms with van der Waals surface area (Å²) in [7, 11) is -3.93. The second kappa shape index (κ2) is 6.88. The number of halogens is 3. The Labute approximate surface area is 120 Å². The number of rotatable bonds is 7. The van der Waals surface area contributed by atoms with Gasteiger partial charge in [-0.3, -0.25) is 0 Å². The van der Waals surface area contributed by atoms with E-state index in [1.807, 2.05) is 6.92 Å². The van der Waals surface area contributed by atoms with Gasteiger partial charge in [-0.25, -0.2) is 13.1 Å². The highest BCUT2D eigenvalue weighted by Gasteiger charge is 2.32. The third-order valence-corrected chi connectivity index (χ3v) is 5.15. The SMILES string of the molecule is CCNCc1sccc1S(=O)(=O)NC(C)CC(F)(F)F. The Hall–Kier alpha value is -0.640. The molecule has 1 rings (SSSR count). The van der Waals surface area contributed by atoms with E-state index in [-0.39, 0.29) is 4.90 Å². The van der Waals surface area contributed by atoms with Crippen LogP contribution in [0.15, 0.2) is 16.3 Å². The van der Waals surface area contributed by atoms with E-state index < -0.39 is 28.7 Å². The van der Waals surface area contributed by atoms with Crippen LogP contribution >= 0.6 is 11.3 Å². The van der Waals surface area contributed by atoms with Crippen molar-refractivity contribution in [3.63, 3.8) is 0 Å². The maximum Gasteiger partial charge on any atom is 0.390 e. The van der Waals surface area contributed by atoms with Gasteiger partial charge in [-0.1, -0.05) is 6.92 Å². The number of sulfonamides is 1. The summed E-state index contributed by atoms with van der Waals surface area (Å²) in [5.41, 5.74) is 0. The Morgan fingerprint density at radius 3 is 2.60 bits per heavy atom. The largest absolute Gasteiger partial charge is 0.390 e. The van der Waals surface area contributed by atoms with Gasteiger partial charge in [0.1, 0.15) is 0 Å². The first-order valence-corrected chi connectivity index (χ1v) is 8.38. The molecule has 1 aromatic heterocycles. The molecule has 1 atom stereocenters. The first-order chi connectivity index (χ1) is 9.15. The molecule has 0 saturated heterocycles. The first-order valence-electron chi connectivity index (χ1n) is 6.02. The predicted octanol–water partition coefficient (Wildman–Crippen LogP) is 2.48. The molecule has 116 valence electrons. The van der Waals surface area contributed by atoms with E-state index in [4.69, 9.17) is 0 Å². The monoisotopic (exact) mass is 330 g/mol. The Morgan fingerprint density at radius 2 is 2.05 bits per heavy atom. The quantitative estimate of drug-likeness (QED) is 0.807. The van der Waals surface area contributed by atoms with Crippen molar-refractivity contribution in [1.29, 1.82) is 0 Å². The molecule has 0 aliphatic heterocycles. The van der Waals surface area contributed by atoms with Gasteiger partial charge in [0.25, 0.3) is 0 Å². The lowest BCUT2D eigenvalue weighted by Crippen LogP contribution is -2.36. The maximum absolute atomic E-state index is 12.2. The van der Waals surface area contributed by atoms with Crippen LogP contribution in [0.1, 0.15) is 25.1 Å². The molecular formula is C11H17F3N2O2S2. The van der Waals surface area contributed by atoms with Crippen molar-refractivity contribution in [1.82, 2.24) is 10.0 Å². The molecule has 0 aliphatic carbocycles. The molecule has 0 saturated carbocycles. The number of hydrogen-bond acceptors (Lipinski definition) is 4. The highest BCUT2D eigenvalue weighted by molar-refractivity contribution is 7.89. The molecule has 20 heavy (non-hydrogen) atoms. The van der Waals surface area contributed by atoms with Crippen molar-refractivity contribution in [2.75, 3.05) is 6.54 Å². The summed E-state index contributed by atoms with van der Waals surface area (Å²) in [6.07, 6.45) is -5.60. The summed E-state index contributed by atoms with van der Waals surface area (Å²) in [6, 6.07) is 0.201. The van der Waals surface area contributed by atoms with Crippen molar-refractivity contribution in [3.05, 3.63) is 16.3 Å². The minimum Gasteiger partial charge on any atom is -0.312 e. The topological polar surface area (TPSA) is 58.2 Å². The third kappa shape index (κ3) is 5.39. The van der Waals surface area contributed by atoms with E-state index in [9.17, 15) is 21.6 Å². The van der Waals surface area contributed by atoms with Crippen LogP contribution in [0.25, 0.3) is 0 Å². The summed E-state index contributed by atoms with van der Waals surface area (Å²) in [4.78, 5) is 0.621. The minimum atomic E-state index is -4.40. The molecule has 0 radical (unpaired) electrons. The van der Waals surface area contributed by atoms with E-state index >= 15 is 0 Å². The van der Waals surface area contributed by atoms with Gasteiger partial charge in [0, 0.05) is 17.5 Å². The van der Waals surface area contributed by atoms with Crippen LogP contribution in [-0.2, 0) is 16.6 Å². The van der Waals surface area contributed by atoms with Gasteiger partial charge < -0.3 is 5.32 Å². The van der Waals surface area contributed by atoms with Crippen LogP contribution in [0.4, 0.5) is 13.2 Å². The second-order valence-corrected chi connectivity index (χ2v) is 7.01. The summed E-state index contributed by atoms with van der Waals surface area (Å²) >= 11 is 1.25. The van der Waals surface area contributed by atoms with Gasteiger partial charge in [0.05, 0.1) is 11.3 Å². The zero-order chi connectivity index (χ0) is 15.4. The van der Waals surface area contributed by atoms with E-state index in [0.29, 0.717) is 18.0 Å². The predicted molar refractivity (Wildman–Crippen MR) is 72.2 cm³/mol. The van der Waals surface area contributed by atoms with Crippen LogP contribution in [0.5, 0.6) is 0 Å². The fourth-order valence-corrected chi connectivity index (χ4v) is 4.31. The Kier molecular flexibility index (Phi) is 5.99. The van der Waals surface area contributed by atoms with Crippen LogP contribution < -0.4 is 10.0 Å². The molecule has 0 amide bonds. The average molecular weight is 330 g/mol. The maximum atomic E-state index is 12.2. The summed E-state index contributed by atoms with van der Waals surface area (Å²) < 4.78 is 62.9. The summed E-state index contributed by atoms with van der Waals surface area (Å²) in [6.45, 7) is 4.13.